The molecule has 11 heavy (non-hydrogen) atoms. The van der Waals surface area contributed by atoms with Crippen LogP contribution in [-0.2, 0) is 18.3 Å². The Balaban J connectivity index is 2.57. The number of carbonyl (C=O) groups is 1. The van der Waals surface area contributed by atoms with Crippen molar-refractivity contribution in [1.82, 2.24) is 9.78 Å². The maximum absolute atomic E-state index is 10.0. The molecule has 0 amide bonds. The Hall–Kier alpha value is -1.16. The first-order valence-electron chi connectivity index (χ1n) is 3.34. The third kappa shape index (κ3) is 2.16. The standard InChI is InChI=1S/C7H10N2O2/c1-9-3-2-6(8-9)4-7(11)5-10/h2-3,5,7,11H,4H2,1H3. The molecule has 0 radical (unpaired) electrons. The van der Waals surface area contributed by atoms with Crippen molar-refractivity contribution in [2.75, 3.05) is 0 Å². The molecule has 0 fully saturated rings. The molecule has 60 valence electrons. The van der Waals surface area contributed by atoms with Gasteiger partial charge in [0.25, 0.3) is 0 Å². The van der Waals surface area contributed by atoms with Crippen molar-refractivity contribution >= 4 is 6.29 Å². The number of aliphatic hydroxyl groups excluding tert-OH is 1. The lowest BCUT2D eigenvalue weighted by Gasteiger charge is -1.96. The Bertz CT molecular complexity index is 244. The normalized spacial score (nSPS) is 12.9. The van der Waals surface area contributed by atoms with Gasteiger partial charge in [0, 0.05) is 19.7 Å². The summed E-state index contributed by atoms with van der Waals surface area (Å²) in [5, 5.41) is 12.9. The number of hydrogen-bond donors (Lipinski definition) is 1. The van der Waals surface area contributed by atoms with Gasteiger partial charge in [0.05, 0.1) is 5.69 Å². The fourth-order valence-corrected chi connectivity index (χ4v) is 0.834. The largest absolute Gasteiger partial charge is 0.385 e. The summed E-state index contributed by atoms with van der Waals surface area (Å²) in [6.07, 6.45) is 1.65. The van der Waals surface area contributed by atoms with E-state index in [1.165, 1.54) is 0 Å². The Morgan fingerprint density at radius 2 is 2.64 bits per heavy atom. The van der Waals surface area contributed by atoms with E-state index >= 15 is 0 Å². The van der Waals surface area contributed by atoms with Crippen molar-refractivity contribution < 1.29 is 9.90 Å². The highest BCUT2D eigenvalue weighted by molar-refractivity contribution is 5.56. The van der Waals surface area contributed by atoms with Crippen molar-refractivity contribution in [1.29, 1.82) is 0 Å². The minimum absolute atomic E-state index is 0.296. The number of aryl methyl sites for hydroxylation is 1. The molecule has 1 rings (SSSR count). The summed E-state index contributed by atoms with van der Waals surface area (Å²) >= 11 is 0. The summed E-state index contributed by atoms with van der Waals surface area (Å²) in [5.41, 5.74) is 0.729. The van der Waals surface area contributed by atoms with Crippen LogP contribution in [0.25, 0.3) is 0 Å². The number of hydrogen-bond acceptors (Lipinski definition) is 3. The number of carbonyl (C=O) groups excluding carboxylic acids is 1. The fourth-order valence-electron chi connectivity index (χ4n) is 0.834. The van der Waals surface area contributed by atoms with E-state index < -0.39 is 6.10 Å². The number of rotatable bonds is 3. The van der Waals surface area contributed by atoms with E-state index in [2.05, 4.69) is 5.10 Å². The van der Waals surface area contributed by atoms with Gasteiger partial charge in [0.1, 0.15) is 12.4 Å². The van der Waals surface area contributed by atoms with Crippen LogP contribution in [0.15, 0.2) is 12.3 Å². The summed E-state index contributed by atoms with van der Waals surface area (Å²) < 4.78 is 1.63. The third-order valence-corrected chi connectivity index (χ3v) is 1.34. The van der Waals surface area contributed by atoms with Crippen molar-refractivity contribution in [3.63, 3.8) is 0 Å². The zero-order chi connectivity index (χ0) is 8.27. The van der Waals surface area contributed by atoms with E-state index in [1.54, 1.807) is 24.0 Å². The quantitative estimate of drug-likeness (QED) is 0.598. The van der Waals surface area contributed by atoms with Crippen LogP contribution in [0, 0.1) is 0 Å². The zero-order valence-corrected chi connectivity index (χ0v) is 6.27. The number of aromatic nitrogens is 2. The zero-order valence-electron chi connectivity index (χ0n) is 6.27. The molecular weight excluding hydrogens is 144 g/mol. The lowest BCUT2D eigenvalue weighted by atomic mass is 10.2. The van der Waals surface area contributed by atoms with E-state index in [4.69, 9.17) is 5.11 Å². The molecular formula is C7H10N2O2. The predicted octanol–water partition coefficient (Wildman–Crippen LogP) is -0.478. The van der Waals surface area contributed by atoms with E-state index in [0.717, 1.165) is 5.69 Å². The van der Waals surface area contributed by atoms with Crippen LogP contribution in [0.5, 0.6) is 0 Å². The Labute approximate surface area is 64.5 Å². The smallest absolute Gasteiger partial charge is 0.148 e. The monoisotopic (exact) mass is 154 g/mol. The minimum atomic E-state index is -0.926. The lowest BCUT2D eigenvalue weighted by molar-refractivity contribution is -0.114. The highest BCUT2D eigenvalue weighted by Gasteiger charge is 2.04. The van der Waals surface area contributed by atoms with Crippen molar-refractivity contribution in [2.45, 2.75) is 12.5 Å². The summed E-state index contributed by atoms with van der Waals surface area (Å²) in [4.78, 5) is 10.0. The number of aldehydes is 1. The predicted molar refractivity (Wildman–Crippen MR) is 39.0 cm³/mol. The van der Waals surface area contributed by atoms with Crippen molar-refractivity contribution in [3.8, 4) is 0 Å². The van der Waals surface area contributed by atoms with E-state index in [-0.39, 0.29) is 0 Å². The molecule has 4 heteroatoms. The van der Waals surface area contributed by atoms with E-state index in [0.29, 0.717) is 12.7 Å². The van der Waals surface area contributed by atoms with Gasteiger partial charge in [0.15, 0.2) is 0 Å². The second-order valence-corrected chi connectivity index (χ2v) is 2.39. The molecule has 0 aromatic carbocycles. The Morgan fingerprint density at radius 3 is 3.09 bits per heavy atom. The topological polar surface area (TPSA) is 55.1 Å². The van der Waals surface area contributed by atoms with Gasteiger partial charge in [-0.1, -0.05) is 0 Å². The molecule has 1 N–H and O–H groups in total. The van der Waals surface area contributed by atoms with Crippen LogP contribution in [0.4, 0.5) is 0 Å². The third-order valence-electron chi connectivity index (χ3n) is 1.34. The molecule has 0 saturated heterocycles. The van der Waals surface area contributed by atoms with Crippen LogP contribution < -0.4 is 0 Å². The molecule has 0 saturated carbocycles. The van der Waals surface area contributed by atoms with Gasteiger partial charge in [0.2, 0.25) is 0 Å². The first-order chi connectivity index (χ1) is 5.22. The van der Waals surface area contributed by atoms with Gasteiger partial charge in [-0.2, -0.15) is 5.10 Å². The van der Waals surface area contributed by atoms with Crippen LogP contribution in [0.1, 0.15) is 5.69 Å². The summed E-state index contributed by atoms with van der Waals surface area (Å²) in [7, 11) is 1.79. The van der Waals surface area contributed by atoms with Crippen molar-refractivity contribution in [3.05, 3.63) is 18.0 Å². The maximum atomic E-state index is 10.0. The van der Waals surface area contributed by atoms with Gasteiger partial charge in [-0.3, -0.25) is 4.68 Å². The average molecular weight is 154 g/mol. The highest BCUT2D eigenvalue weighted by Crippen LogP contribution is 1.97. The molecule has 0 bridgehead atoms. The van der Waals surface area contributed by atoms with Crippen LogP contribution >= 0.6 is 0 Å². The van der Waals surface area contributed by atoms with Crippen LogP contribution in [-0.4, -0.2) is 27.3 Å². The van der Waals surface area contributed by atoms with E-state index in [1.807, 2.05) is 0 Å². The molecule has 1 heterocycles. The summed E-state index contributed by atoms with van der Waals surface area (Å²) in [6, 6.07) is 1.77. The average Bonchev–Trinajstić information content (AvgIpc) is 2.35. The molecule has 0 aliphatic rings. The second kappa shape index (κ2) is 3.30. The van der Waals surface area contributed by atoms with Gasteiger partial charge >= 0.3 is 0 Å². The number of nitrogens with zero attached hydrogens (tertiary/aromatic N) is 2. The molecule has 0 aliphatic heterocycles. The second-order valence-electron chi connectivity index (χ2n) is 2.39. The minimum Gasteiger partial charge on any atom is -0.385 e. The SMILES string of the molecule is Cn1ccc(CC(O)C=O)n1. The van der Waals surface area contributed by atoms with Crippen molar-refractivity contribution in [2.24, 2.45) is 7.05 Å². The van der Waals surface area contributed by atoms with E-state index in [9.17, 15) is 4.79 Å². The molecule has 1 aromatic rings. The first kappa shape index (κ1) is 7.94. The fraction of sp³-hybridized carbons (Fsp3) is 0.429. The van der Waals surface area contributed by atoms with Gasteiger partial charge in [-0.25, -0.2) is 0 Å². The highest BCUT2D eigenvalue weighted by atomic mass is 16.3. The molecule has 4 nitrogen and oxygen atoms in total. The Morgan fingerprint density at radius 1 is 1.91 bits per heavy atom. The molecule has 1 atom stereocenters. The first-order valence-corrected chi connectivity index (χ1v) is 3.34. The molecule has 0 aliphatic carbocycles. The number of aliphatic hydroxyl groups is 1. The lowest BCUT2D eigenvalue weighted by Crippen LogP contribution is -2.11. The van der Waals surface area contributed by atoms with Gasteiger partial charge < -0.3 is 9.90 Å². The van der Waals surface area contributed by atoms with Gasteiger partial charge in [-0.05, 0) is 6.07 Å². The maximum Gasteiger partial charge on any atom is 0.148 e. The van der Waals surface area contributed by atoms with Crippen LogP contribution in [0.3, 0.4) is 0 Å². The van der Waals surface area contributed by atoms with Crippen LogP contribution in [0.2, 0.25) is 0 Å². The summed E-state index contributed by atoms with van der Waals surface area (Å²) in [6.45, 7) is 0. The summed E-state index contributed by atoms with van der Waals surface area (Å²) in [5.74, 6) is 0. The molecule has 0 spiro atoms. The molecule has 1 unspecified atom stereocenters. The Kier molecular flexibility index (Phi) is 2.38. The van der Waals surface area contributed by atoms with Gasteiger partial charge in [-0.15, -0.1) is 0 Å². The molecule has 1 aromatic heterocycles.